The number of rotatable bonds is 3. The number of hydrogen-bond donors (Lipinski definition) is 3. The highest BCUT2D eigenvalue weighted by molar-refractivity contribution is 7.71. The molecule has 0 aromatic carbocycles. The molecule has 0 unspecified atom stereocenters. The van der Waals surface area contributed by atoms with Crippen LogP contribution in [0, 0.1) is 4.77 Å². The fourth-order valence-corrected chi connectivity index (χ4v) is 2.13. The maximum atomic E-state index is 13.7. The molecule has 18 heavy (non-hydrogen) atoms. The Morgan fingerprint density at radius 1 is 1.67 bits per heavy atom. The number of nitrogens with zero attached hydrogens (tertiary/aromatic N) is 1. The van der Waals surface area contributed by atoms with Gasteiger partial charge in [-0.1, -0.05) is 0 Å². The van der Waals surface area contributed by atoms with E-state index in [-0.39, 0.29) is 16.8 Å². The average Bonchev–Trinajstić information content (AvgIpc) is 2.73. The summed E-state index contributed by atoms with van der Waals surface area (Å²) >= 11 is 4.96. The van der Waals surface area contributed by atoms with Crippen LogP contribution in [0.4, 0.5) is 4.39 Å². The van der Waals surface area contributed by atoms with Crippen LogP contribution in [0.5, 0.6) is 0 Å². The van der Waals surface area contributed by atoms with Gasteiger partial charge in [0, 0.05) is 12.6 Å². The van der Waals surface area contributed by atoms with Gasteiger partial charge in [0.05, 0.1) is 12.2 Å². The molecule has 1 aliphatic heterocycles. The first-order valence-electron chi connectivity index (χ1n) is 5.42. The summed E-state index contributed by atoms with van der Waals surface area (Å²) in [5.41, 5.74) is -0.363. The van der Waals surface area contributed by atoms with Gasteiger partial charge in [0.2, 0.25) is 5.85 Å². The summed E-state index contributed by atoms with van der Waals surface area (Å²) in [6.45, 7) is -1.18. The molecule has 100 valence electrons. The van der Waals surface area contributed by atoms with Crippen LogP contribution in [-0.2, 0) is 11.3 Å². The molecule has 1 aliphatic rings. The van der Waals surface area contributed by atoms with Crippen LogP contribution in [-0.4, -0.2) is 32.2 Å². The molecular weight excluding hydrogens is 263 g/mol. The summed E-state index contributed by atoms with van der Waals surface area (Å²) in [5.74, 6) is -2.07. The van der Waals surface area contributed by atoms with Gasteiger partial charge in [-0.25, -0.2) is 4.39 Å². The molecule has 2 rings (SSSR count). The van der Waals surface area contributed by atoms with Crippen molar-refractivity contribution in [3.05, 3.63) is 26.9 Å². The first kappa shape index (κ1) is 13.3. The van der Waals surface area contributed by atoms with E-state index in [1.54, 1.807) is 0 Å². The summed E-state index contributed by atoms with van der Waals surface area (Å²) in [4.78, 5) is 13.7. The van der Waals surface area contributed by atoms with Crippen molar-refractivity contribution >= 4 is 12.2 Å². The average molecular weight is 276 g/mol. The van der Waals surface area contributed by atoms with Gasteiger partial charge in [-0.05, 0) is 18.6 Å². The summed E-state index contributed by atoms with van der Waals surface area (Å²) < 4.78 is 20.3. The minimum absolute atomic E-state index is 0.0452. The third kappa shape index (κ3) is 2.37. The minimum Gasteiger partial charge on any atom is -0.391 e. The van der Waals surface area contributed by atoms with Crippen molar-refractivity contribution < 1.29 is 19.3 Å². The van der Waals surface area contributed by atoms with Crippen LogP contribution in [0.3, 0.4) is 0 Å². The highest BCUT2D eigenvalue weighted by atomic mass is 32.1. The number of halogens is 1. The van der Waals surface area contributed by atoms with Gasteiger partial charge < -0.3 is 14.9 Å². The number of ether oxygens (including phenoxy) is 1. The molecule has 2 atom stereocenters. The Balaban J connectivity index is 2.36. The molecule has 0 aliphatic carbocycles. The number of hydrogen-bond acceptors (Lipinski definition) is 5. The fourth-order valence-electron chi connectivity index (χ4n) is 1.87. The van der Waals surface area contributed by atoms with Crippen LogP contribution in [0.15, 0.2) is 11.0 Å². The number of aromatic nitrogens is 2. The van der Waals surface area contributed by atoms with Crippen LogP contribution in [0.1, 0.15) is 24.6 Å². The molecular formula is C10H13FN2O4S. The highest BCUT2D eigenvalue weighted by Crippen LogP contribution is 2.37. The van der Waals surface area contributed by atoms with Gasteiger partial charge in [-0.2, -0.15) is 0 Å². The molecule has 1 aromatic heterocycles. The Labute approximate surface area is 107 Å². The van der Waals surface area contributed by atoms with Crippen molar-refractivity contribution in [2.75, 3.05) is 6.61 Å². The lowest BCUT2D eigenvalue weighted by Crippen LogP contribution is -2.28. The summed E-state index contributed by atoms with van der Waals surface area (Å²) in [6.07, 6.45) is 1.01. The second kappa shape index (κ2) is 4.88. The number of aliphatic hydroxyl groups is 2. The topological polar surface area (TPSA) is 87.5 Å². The Morgan fingerprint density at radius 2 is 2.39 bits per heavy atom. The predicted molar refractivity (Wildman–Crippen MR) is 62.1 cm³/mol. The SMILES string of the molecule is O=c1[nH]c(=S)n([C@H]2CC[C@@](F)(CO)O2)cc1CO. The predicted octanol–water partition coefficient (Wildman–Crippen LogP) is 0.365. The molecule has 0 saturated carbocycles. The van der Waals surface area contributed by atoms with Crippen molar-refractivity contribution in [3.63, 3.8) is 0 Å². The van der Waals surface area contributed by atoms with Crippen molar-refractivity contribution in [1.29, 1.82) is 0 Å². The third-order valence-corrected chi connectivity index (χ3v) is 3.18. The van der Waals surface area contributed by atoms with Crippen LogP contribution in [0.25, 0.3) is 0 Å². The van der Waals surface area contributed by atoms with Gasteiger partial charge in [0.15, 0.2) is 4.77 Å². The van der Waals surface area contributed by atoms with Gasteiger partial charge in [0.25, 0.3) is 5.56 Å². The van der Waals surface area contributed by atoms with E-state index in [2.05, 4.69) is 4.98 Å². The molecule has 6 nitrogen and oxygen atoms in total. The Bertz CT molecular complexity index is 558. The molecule has 0 spiro atoms. The Morgan fingerprint density at radius 3 is 2.94 bits per heavy atom. The molecule has 2 heterocycles. The molecule has 0 radical (unpaired) electrons. The number of alkyl halides is 1. The maximum Gasteiger partial charge on any atom is 0.257 e. The number of aliphatic hydroxyl groups excluding tert-OH is 2. The lowest BCUT2D eigenvalue weighted by molar-refractivity contribution is -0.177. The molecule has 1 saturated heterocycles. The first-order chi connectivity index (χ1) is 8.49. The lowest BCUT2D eigenvalue weighted by atomic mass is 10.2. The molecule has 0 bridgehead atoms. The molecule has 1 aromatic rings. The minimum atomic E-state index is -2.07. The van der Waals surface area contributed by atoms with Gasteiger partial charge in [0.1, 0.15) is 12.8 Å². The van der Waals surface area contributed by atoms with E-state index < -0.39 is 30.9 Å². The van der Waals surface area contributed by atoms with E-state index in [9.17, 15) is 9.18 Å². The second-order valence-electron chi connectivity index (χ2n) is 4.13. The number of aromatic amines is 1. The summed E-state index contributed by atoms with van der Waals surface area (Å²) in [5, 5.41) is 17.9. The molecule has 0 amide bonds. The number of H-pyrrole nitrogens is 1. The first-order valence-corrected chi connectivity index (χ1v) is 5.83. The zero-order chi connectivity index (χ0) is 13.3. The van der Waals surface area contributed by atoms with Crippen molar-refractivity contribution in [2.24, 2.45) is 0 Å². The fraction of sp³-hybridized carbons (Fsp3) is 0.600. The monoisotopic (exact) mass is 276 g/mol. The van der Waals surface area contributed by atoms with E-state index >= 15 is 0 Å². The second-order valence-corrected chi connectivity index (χ2v) is 4.52. The Hall–Kier alpha value is -1.09. The standard InChI is InChI=1S/C10H13FN2O4S/c11-10(5-15)2-1-7(17-10)13-3-6(4-14)8(16)12-9(13)18/h3,7,14-15H,1-2,4-5H2,(H,12,16,18)/t7-,10+/m1/s1. The van der Waals surface area contributed by atoms with Crippen molar-refractivity contribution in [1.82, 2.24) is 9.55 Å². The zero-order valence-electron chi connectivity index (χ0n) is 9.43. The van der Waals surface area contributed by atoms with Crippen molar-refractivity contribution in [2.45, 2.75) is 31.5 Å². The van der Waals surface area contributed by atoms with E-state index in [0.29, 0.717) is 6.42 Å². The van der Waals surface area contributed by atoms with Crippen LogP contribution >= 0.6 is 12.2 Å². The largest absolute Gasteiger partial charge is 0.391 e. The van der Waals surface area contributed by atoms with E-state index in [4.69, 9.17) is 27.2 Å². The zero-order valence-corrected chi connectivity index (χ0v) is 10.2. The van der Waals surface area contributed by atoms with Crippen LogP contribution < -0.4 is 5.56 Å². The molecule has 1 fully saturated rings. The third-order valence-electron chi connectivity index (χ3n) is 2.87. The Kier molecular flexibility index (Phi) is 3.62. The van der Waals surface area contributed by atoms with Gasteiger partial charge in [-0.15, -0.1) is 0 Å². The van der Waals surface area contributed by atoms with E-state index in [1.165, 1.54) is 10.8 Å². The summed E-state index contributed by atoms with van der Waals surface area (Å²) in [6, 6.07) is 0. The van der Waals surface area contributed by atoms with Crippen LogP contribution in [0.2, 0.25) is 0 Å². The normalized spacial score (nSPS) is 27.6. The molecule has 8 heteroatoms. The van der Waals surface area contributed by atoms with E-state index in [1.807, 2.05) is 0 Å². The van der Waals surface area contributed by atoms with Gasteiger partial charge >= 0.3 is 0 Å². The number of nitrogens with one attached hydrogen (secondary N) is 1. The van der Waals surface area contributed by atoms with E-state index in [0.717, 1.165) is 0 Å². The van der Waals surface area contributed by atoms with Gasteiger partial charge in [-0.3, -0.25) is 14.3 Å². The maximum absolute atomic E-state index is 13.7. The summed E-state index contributed by atoms with van der Waals surface area (Å²) in [7, 11) is 0. The van der Waals surface area contributed by atoms with Crippen molar-refractivity contribution in [3.8, 4) is 0 Å². The molecule has 3 N–H and O–H groups in total. The highest BCUT2D eigenvalue weighted by Gasteiger charge is 2.40. The quantitative estimate of drug-likeness (QED) is 0.694. The smallest absolute Gasteiger partial charge is 0.257 e. The lowest BCUT2D eigenvalue weighted by Gasteiger charge is -2.20.